The van der Waals surface area contributed by atoms with Gasteiger partial charge in [-0.25, -0.2) is 0 Å². The lowest BCUT2D eigenvalue weighted by atomic mass is 9.96. The number of rotatable bonds is 1. The summed E-state index contributed by atoms with van der Waals surface area (Å²) in [7, 11) is 0. The van der Waals surface area contributed by atoms with Crippen molar-refractivity contribution in [1.82, 2.24) is 0 Å². The summed E-state index contributed by atoms with van der Waals surface area (Å²) >= 11 is 5.01. The quantitative estimate of drug-likeness (QED) is 0.567. The van der Waals surface area contributed by atoms with Crippen molar-refractivity contribution in [2.24, 2.45) is 5.41 Å². The molecule has 0 unspecified atom stereocenters. The zero-order valence-electron chi connectivity index (χ0n) is 5.23. The van der Waals surface area contributed by atoms with Crippen molar-refractivity contribution >= 4 is 17.6 Å². The Morgan fingerprint density at radius 2 is 2.11 bits per heavy atom. The predicted molar refractivity (Wildman–Crippen MR) is 35.0 cm³/mol. The second-order valence-electron chi connectivity index (χ2n) is 2.15. The van der Waals surface area contributed by atoms with Gasteiger partial charge in [-0.05, 0) is 25.4 Å². The molecular weight excluding hydrogens is 140 g/mol. The Kier molecular flexibility index (Phi) is 2.54. The van der Waals surface area contributed by atoms with Gasteiger partial charge in [0, 0.05) is 5.38 Å². The monoisotopic (exact) mass is 146 g/mol. The molecule has 0 heterocycles. The topological polar surface area (TPSA) is 37.3 Å². The fourth-order valence-corrected chi connectivity index (χ4v) is 0.408. The fraction of sp³-hybridized carbons (Fsp3) is 0.500. The molecule has 0 aromatic carbocycles. The van der Waals surface area contributed by atoms with Crippen molar-refractivity contribution < 1.29 is 9.90 Å². The fourth-order valence-electron chi connectivity index (χ4n) is 0.172. The molecule has 0 radical (unpaired) electrons. The Morgan fingerprint density at radius 1 is 1.67 bits per heavy atom. The minimum atomic E-state index is -1.03. The molecule has 0 aromatic rings. The van der Waals surface area contributed by atoms with Crippen molar-refractivity contribution in [1.29, 1.82) is 0 Å². The normalized spacial score (nSPS) is 9.67. The summed E-state index contributed by atoms with van der Waals surface area (Å²) in [6.07, 6.45) is 0. The van der Waals surface area contributed by atoms with E-state index in [1.165, 1.54) is 13.8 Å². The first kappa shape index (κ1) is 8.32. The zero-order valence-corrected chi connectivity index (χ0v) is 5.99. The second kappa shape index (κ2) is 2.75. The first-order valence-corrected chi connectivity index (χ1v) is 2.74. The third-order valence-corrected chi connectivity index (χ3v) is 0.989. The zero-order chi connectivity index (χ0) is 7.49. The van der Waals surface area contributed by atoms with Crippen LogP contribution in [0.5, 0.6) is 0 Å². The van der Waals surface area contributed by atoms with Gasteiger partial charge in [0.15, 0.2) is 0 Å². The highest BCUT2D eigenvalue weighted by atomic mass is 35.5. The van der Waals surface area contributed by atoms with Gasteiger partial charge in [-0.15, -0.1) is 0 Å². The summed E-state index contributed by atoms with van der Waals surface area (Å²) in [4.78, 5) is 10.2. The summed E-state index contributed by atoms with van der Waals surface area (Å²) in [6, 6.07) is 0. The molecule has 1 N–H and O–H groups in total. The molecule has 3 heteroatoms. The van der Waals surface area contributed by atoms with E-state index in [1.807, 2.05) is 5.38 Å². The minimum absolute atomic E-state index is 0.962. The van der Waals surface area contributed by atoms with Crippen LogP contribution in [0.15, 0.2) is 0 Å². The van der Waals surface area contributed by atoms with Crippen LogP contribution in [0.1, 0.15) is 13.8 Å². The molecule has 9 heavy (non-hydrogen) atoms. The van der Waals surface area contributed by atoms with E-state index in [1.54, 1.807) is 0 Å². The number of hydrogen-bond donors (Lipinski definition) is 1. The van der Waals surface area contributed by atoms with E-state index in [-0.39, 0.29) is 0 Å². The Balaban J connectivity index is 4.32. The lowest BCUT2D eigenvalue weighted by Gasteiger charge is -2.08. The van der Waals surface area contributed by atoms with Crippen LogP contribution >= 0.6 is 11.6 Å². The molecule has 50 valence electrons. The molecule has 0 spiro atoms. The van der Waals surface area contributed by atoms with Crippen LogP contribution in [-0.2, 0) is 4.79 Å². The van der Waals surface area contributed by atoms with E-state index in [9.17, 15) is 4.79 Å². The van der Waals surface area contributed by atoms with E-state index < -0.39 is 11.4 Å². The standard InChI is InChI=1S/C6H7ClO2/c1-6(2,3-4-7)5(8)9/h1-2H3,(H,8,9). The lowest BCUT2D eigenvalue weighted by molar-refractivity contribution is -0.143. The number of aliphatic carboxylic acids is 1. The lowest BCUT2D eigenvalue weighted by Crippen LogP contribution is -2.20. The van der Waals surface area contributed by atoms with Crippen molar-refractivity contribution in [3.8, 4) is 11.3 Å². The van der Waals surface area contributed by atoms with Crippen LogP contribution in [-0.4, -0.2) is 11.1 Å². The molecule has 0 amide bonds. The minimum Gasteiger partial charge on any atom is -0.480 e. The molecule has 0 fully saturated rings. The third kappa shape index (κ3) is 2.39. The maximum atomic E-state index is 10.2. The SMILES string of the molecule is CC(C)(C#CCl)C(=O)O. The maximum absolute atomic E-state index is 10.2. The average molecular weight is 147 g/mol. The van der Waals surface area contributed by atoms with Gasteiger partial charge >= 0.3 is 5.97 Å². The van der Waals surface area contributed by atoms with E-state index in [4.69, 9.17) is 16.7 Å². The summed E-state index contributed by atoms with van der Waals surface area (Å²) in [5, 5.41) is 10.4. The van der Waals surface area contributed by atoms with Gasteiger partial charge in [0.05, 0.1) is 0 Å². The molecule has 0 rings (SSSR count). The highest BCUT2D eigenvalue weighted by molar-refractivity contribution is 6.30. The van der Waals surface area contributed by atoms with Crippen LogP contribution in [0.25, 0.3) is 0 Å². The van der Waals surface area contributed by atoms with Crippen molar-refractivity contribution in [2.45, 2.75) is 13.8 Å². The van der Waals surface area contributed by atoms with Gasteiger partial charge in [0.25, 0.3) is 0 Å². The number of carboxylic acids is 1. The van der Waals surface area contributed by atoms with Gasteiger partial charge in [0.2, 0.25) is 0 Å². The van der Waals surface area contributed by atoms with Crippen LogP contribution in [0.4, 0.5) is 0 Å². The van der Waals surface area contributed by atoms with Gasteiger partial charge in [-0.2, -0.15) is 0 Å². The molecule has 0 atom stereocenters. The maximum Gasteiger partial charge on any atom is 0.321 e. The molecule has 0 aliphatic heterocycles. The number of carboxylic acid groups (broad SMARTS) is 1. The number of carbonyl (C=O) groups is 1. The Hall–Kier alpha value is -0.680. The summed E-state index contributed by atoms with van der Waals surface area (Å²) in [6.45, 7) is 2.98. The first-order valence-electron chi connectivity index (χ1n) is 2.37. The summed E-state index contributed by atoms with van der Waals surface area (Å²) in [5.41, 5.74) is -1.03. The molecule has 0 bridgehead atoms. The molecular formula is C6H7ClO2. The summed E-state index contributed by atoms with van der Waals surface area (Å²) < 4.78 is 0. The molecule has 0 aliphatic rings. The van der Waals surface area contributed by atoms with Crippen molar-refractivity contribution in [3.05, 3.63) is 0 Å². The molecule has 0 saturated carbocycles. The Labute approximate surface area is 58.8 Å². The Bertz CT molecular complexity index is 173. The molecule has 2 nitrogen and oxygen atoms in total. The smallest absolute Gasteiger partial charge is 0.321 e. The van der Waals surface area contributed by atoms with E-state index in [2.05, 4.69) is 5.92 Å². The highest BCUT2D eigenvalue weighted by Gasteiger charge is 2.23. The summed E-state index contributed by atoms with van der Waals surface area (Å²) in [5.74, 6) is 1.37. The third-order valence-electron chi connectivity index (χ3n) is 0.894. The van der Waals surface area contributed by atoms with E-state index in [0.717, 1.165) is 0 Å². The second-order valence-corrected chi connectivity index (χ2v) is 2.34. The number of halogens is 1. The predicted octanol–water partition coefficient (Wildman–Crippen LogP) is 1.30. The average Bonchev–Trinajstić information content (AvgIpc) is 1.65. The van der Waals surface area contributed by atoms with E-state index in [0.29, 0.717) is 0 Å². The highest BCUT2D eigenvalue weighted by Crippen LogP contribution is 2.12. The van der Waals surface area contributed by atoms with Crippen LogP contribution in [0, 0.1) is 16.7 Å². The van der Waals surface area contributed by atoms with Crippen LogP contribution in [0.2, 0.25) is 0 Å². The van der Waals surface area contributed by atoms with Crippen LogP contribution < -0.4 is 0 Å². The van der Waals surface area contributed by atoms with Crippen molar-refractivity contribution in [3.63, 3.8) is 0 Å². The van der Waals surface area contributed by atoms with Crippen LogP contribution in [0.3, 0.4) is 0 Å². The van der Waals surface area contributed by atoms with E-state index >= 15 is 0 Å². The number of hydrogen-bond acceptors (Lipinski definition) is 1. The largest absolute Gasteiger partial charge is 0.480 e. The van der Waals surface area contributed by atoms with Gasteiger partial charge in [-0.1, -0.05) is 5.92 Å². The molecule has 0 saturated heterocycles. The van der Waals surface area contributed by atoms with Gasteiger partial charge < -0.3 is 5.11 Å². The Morgan fingerprint density at radius 3 is 2.22 bits per heavy atom. The molecule has 0 aliphatic carbocycles. The van der Waals surface area contributed by atoms with Gasteiger partial charge in [-0.3, -0.25) is 4.79 Å². The van der Waals surface area contributed by atoms with Gasteiger partial charge in [0.1, 0.15) is 5.41 Å². The van der Waals surface area contributed by atoms with Crippen molar-refractivity contribution in [2.75, 3.05) is 0 Å². The first-order chi connectivity index (χ1) is 4.00. The molecule has 0 aromatic heterocycles.